The smallest absolute Gasteiger partial charge is 0.0956 e. The molecule has 2 aliphatic heterocycles. The minimum atomic E-state index is -0.175. The van der Waals surface area contributed by atoms with Crippen LogP contribution in [0.3, 0.4) is 0 Å². The summed E-state index contributed by atoms with van der Waals surface area (Å²) in [6, 6.07) is 11.4. The maximum atomic E-state index is 6.54. The van der Waals surface area contributed by atoms with Crippen molar-refractivity contribution in [2.75, 3.05) is 46.3 Å². The Balaban J connectivity index is 0.000000845. The van der Waals surface area contributed by atoms with E-state index in [0.717, 1.165) is 92.4 Å². The zero-order valence-corrected chi connectivity index (χ0v) is 39.7. The Kier molecular flexibility index (Phi) is 17.2. The standard InChI is InChI=1S/C47H65N7S.C5H14N2/c1-8-11-21-46(6,7)27-39-38-25-35(19-20-41(38)54(10-3)45(39)37-18-14-23-50-43(37)32(4)48)40-28-55-42(52-40)26-36(9-2)51-33(5)44(34-16-12-13-17-34)53-24-15-22-47(31-53)29-49-30-47;1-7-5-3-2-4-6/h8-9,14,18-20,23,25,28,32,34,36,44,49,51H,1-2,5,10-13,15-17,21-22,24,26-27,29-31,48H2,3-4,6-7H3;7H,2-6H2,1H3. The van der Waals surface area contributed by atoms with Gasteiger partial charge in [-0.05, 0) is 139 Å². The Morgan fingerprint density at radius 1 is 1.15 bits per heavy atom. The molecule has 338 valence electrons. The van der Waals surface area contributed by atoms with Gasteiger partial charge < -0.3 is 32.0 Å². The van der Waals surface area contributed by atoms with Crippen LogP contribution in [0, 0.1) is 16.7 Å². The van der Waals surface area contributed by atoms with Crippen molar-refractivity contribution < 1.29 is 0 Å². The van der Waals surface area contributed by atoms with Gasteiger partial charge in [-0.1, -0.05) is 51.5 Å². The molecule has 1 spiro atoms. The number of allylic oxidation sites excluding steroid dienone is 1. The monoisotopic (exact) mass is 862 g/mol. The number of unbranched alkanes of at least 4 members (excludes halogenated alkanes) is 1. The molecule has 3 aliphatic rings. The molecule has 0 bridgehead atoms. The van der Waals surface area contributed by atoms with E-state index in [0.29, 0.717) is 17.4 Å². The lowest BCUT2D eigenvalue weighted by Crippen LogP contribution is -2.63. The molecule has 1 aliphatic carbocycles. The number of piperidine rings is 1. The number of nitrogens with one attached hydrogen (secondary N) is 3. The SMILES string of the molecule is C=CCCC(C)(C)Cc1c(-c2cccnc2C(C)N)n(CC)c2ccc(-c3csc(CC(C=C)NC(=C)C(C4CCCC4)N4CCCC5(CNC5)C4)n3)cc12.CNCCCCN. The van der Waals surface area contributed by atoms with E-state index in [1.54, 1.807) is 11.3 Å². The normalized spacial score (nSPS) is 18.2. The van der Waals surface area contributed by atoms with E-state index >= 15 is 0 Å². The quantitative estimate of drug-likeness (QED) is 0.0415. The molecular weight excluding hydrogens is 783 g/mol. The fourth-order valence-electron chi connectivity index (χ4n) is 10.5. The lowest BCUT2D eigenvalue weighted by molar-refractivity contribution is 0.0114. The highest BCUT2D eigenvalue weighted by atomic mass is 32.1. The first-order chi connectivity index (χ1) is 30.0. The van der Waals surface area contributed by atoms with Crippen LogP contribution in [0.2, 0.25) is 0 Å². The van der Waals surface area contributed by atoms with Crippen molar-refractivity contribution in [3.63, 3.8) is 0 Å². The molecule has 1 saturated carbocycles. The van der Waals surface area contributed by atoms with Crippen LogP contribution in [0.15, 0.2) is 79.5 Å². The van der Waals surface area contributed by atoms with Gasteiger partial charge in [-0.15, -0.1) is 24.5 Å². The summed E-state index contributed by atoms with van der Waals surface area (Å²) in [7, 11) is 1.95. The molecule has 0 radical (unpaired) electrons. The van der Waals surface area contributed by atoms with Gasteiger partial charge in [0.05, 0.1) is 34.2 Å². The largest absolute Gasteiger partial charge is 0.381 e. The lowest BCUT2D eigenvalue weighted by Gasteiger charge is -2.52. The third-order valence-electron chi connectivity index (χ3n) is 13.8. The molecule has 3 fully saturated rings. The van der Waals surface area contributed by atoms with Crippen molar-refractivity contribution in [3.8, 4) is 22.5 Å². The summed E-state index contributed by atoms with van der Waals surface area (Å²) in [5.41, 5.74) is 21.6. The highest BCUT2D eigenvalue weighted by Gasteiger charge is 2.44. The minimum Gasteiger partial charge on any atom is -0.381 e. The second-order valence-corrected chi connectivity index (χ2v) is 20.2. The number of nitrogens with two attached hydrogens (primary N) is 2. The Labute approximate surface area is 378 Å². The number of benzene rings is 1. The Bertz CT molecular complexity index is 2060. The number of nitrogens with zero attached hydrogens (tertiary/aromatic N) is 4. The van der Waals surface area contributed by atoms with Crippen molar-refractivity contribution in [3.05, 3.63) is 95.8 Å². The van der Waals surface area contributed by atoms with Crippen LogP contribution >= 0.6 is 11.3 Å². The van der Waals surface area contributed by atoms with Crippen LogP contribution in [-0.2, 0) is 19.4 Å². The number of hydrogen-bond acceptors (Lipinski definition) is 9. The number of thiazole rings is 1. The summed E-state index contributed by atoms with van der Waals surface area (Å²) in [4.78, 5) is 12.8. The van der Waals surface area contributed by atoms with E-state index in [9.17, 15) is 0 Å². The maximum absolute atomic E-state index is 6.54. The van der Waals surface area contributed by atoms with E-state index in [1.165, 1.54) is 85.9 Å². The summed E-state index contributed by atoms with van der Waals surface area (Å²) in [5, 5.41) is 15.1. The topological polar surface area (TPSA) is 122 Å². The molecule has 2 saturated heterocycles. The first-order valence-corrected chi connectivity index (χ1v) is 24.6. The number of pyridine rings is 1. The third kappa shape index (κ3) is 11.5. The van der Waals surface area contributed by atoms with Gasteiger partial charge in [0.2, 0.25) is 0 Å². The molecule has 7 rings (SSSR count). The number of rotatable bonds is 21. The molecule has 5 heterocycles. The van der Waals surface area contributed by atoms with Gasteiger partial charge in [0.15, 0.2) is 0 Å². The number of hydrogen-bond donors (Lipinski definition) is 5. The van der Waals surface area contributed by atoms with E-state index in [1.807, 2.05) is 32.3 Å². The van der Waals surface area contributed by atoms with Crippen molar-refractivity contribution >= 4 is 22.2 Å². The number of fused-ring (bicyclic) bond motifs is 1. The van der Waals surface area contributed by atoms with Gasteiger partial charge in [-0.25, -0.2) is 4.98 Å². The number of aromatic nitrogens is 3. The lowest BCUT2D eigenvalue weighted by atomic mass is 9.74. The predicted molar refractivity (Wildman–Crippen MR) is 266 cm³/mol. The minimum absolute atomic E-state index is 0.0752. The molecule has 4 aromatic rings. The van der Waals surface area contributed by atoms with Crippen molar-refractivity contribution in [1.82, 2.24) is 35.4 Å². The number of likely N-dealkylation sites (tertiary alicyclic amines) is 1. The maximum Gasteiger partial charge on any atom is 0.0956 e. The van der Waals surface area contributed by atoms with Crippen LogP contribution in [0.25, 0.3) is 33.4 Å². The zero-order chi connectivity index (χ0) is 44.3. The molecule has 3 atom stereocenters. The van der Waals surface area contributed by atoms with E-state index in [4.69, 9.17) is 28.0 Å². The molecule has 3 aromatic heterocycles. The van der Waals surface area contributed by atoms with Gasteiger partial charge in [0.25, 0.3) is 0 Å². The van der Waals surface area contributed by atoms with E-state index in [2.05, 4.69) is 95.1 Å². The molecule has 0 amide bonds. The van der Waals surface area contributed by atoms with Gasteiger partial charge >= 0.3 is 0 Å². The molecule has 1 aromatic carbocycles. The average molecular weight is 862 g/mol. The molecule has 62 heavy (non-hydrogen) atoms. The zero-order valence-electron chi connectivity index (χ0n) is 38.9. The predicted octanol–water partition coefficient (Wildman–Crippen LogP) is 9.79. The number of aryl methyl sites for hydroxylation is 1. The molecule has 9 nitrogen and oxygen atoms in total. The first-order valence-electron chi connectivity index (χ1n) is 23.8. The van der Waals surface area contributed by atoms with Crippen LogP contribution in [0.4, 0.5) is 0 Å². The summed E-state index contributed by atoms with van der Waals surface area (Å²) in [5.74, 6) is 0.680. The third-order valence-corrected chi connectivity index (χ3v) is 14.6. The van der Waals surface area contributed by atoms with Gasteiger partial charge in [0, 0.05) is 83.4 Å². The van der Waals surface area contributed by atoms with Gasteiger partial charge in [0.1, 0.15) is 0 Å². The summed E-state index contributed by atoms with van der Waals surface area (Å²) >= 11 is 1.75. The highest BCUT2D eigenvalue weighted by Crippen LogP contribution is 2.43. The average Bonchev–Trinajstić information content (AvgIpc) is 4.03. The molecular formula is C52H79N9S. The van der Waals surface area contributed by atoms with Gasteiger partial charge in [-0.2, -0.15) is 0 Å². The molecule has 7 N–H and O–H groups in total. The fraction of sp³-hybridized carbons (Fsp3) is 0.577. The Morgan fingerprint density at radius 3 is 2.60 bits per heavy atom. The molecule has 3 unspecified atom stereocenters. The highest BCUT2D eigenvalue weighted by molar-refractivity contribution is 7.10. The Morgan fingerprint density at radius 2 is 1.94 bits per heavy atom. The van der Waals surface area contributed by atoms with Crippen LogP contribution in [0.1, 0.15) is 114 Å². The summed E-state index contributed by atoms with van der Waals surface area (Å²) < 4.78 is 2.46. The van der Waals surface area contributed by atoms with E-state index in [-0.39, 0.29) is 17.5 Å². The van der Waals surface area contributed by atoms with Crippen molar-refractivity contribution in [2.24, 2.45) is 28.2 Å². The Hall–Kier alpha value is -3.64. The molecule has 10 heteroatoms. The van der Waals surface area contributed by atoms with Crippen LogP contribution in [0.5, 0.6) is 0 Å². The fourth-order valence-corrected chi connectivity index (χ4v) is 11.3. The van der Waals surface area contributed by atoms with Crippen LogP contribution in [-0.4, -0.2) is 77.8 Å². The second-order valence-electron chi connectivity index (χ2n) is 19.3. The first kappa shape index (κ1) is 47.8. The second kappa shape index (κ2) is 22.3. The summed E-state index contributed by atoms with van der Waals surface area (Å²) in [6.45, 7) is 29.5. The van der Waals surface area contributed by atoms with Gasteiger partial charge in [-0.3, -0.25) is 9.88 Å². The summed E-state index contributed by atoms with van der Waals surface area (Å²) in [6.07, 6.45) is 20.0. The van der Waals surface area contributed by atoms with Crippen molar-refractivity contribution in [1.29, 1.82) is 0 Å². The van der Waals surface area contributed by atoms with Crippen LogP contribution < -0.4 is 27.4 Å². The van der Waals surface area contributed by atoms with E-state index < -0.39 is 0 Å². The van der Waals surface area contributed by atoms with Crippen molar-refractivity contribution in [2.45, 2.75) is 129 Å².